The molecule has 0 spiro atoms. The lowest BCUT2D eigenvalue weighted by Crippen LogP contribution is -2.11. The SMILES string of the molecule is CCNCc1cncc(-c2ccc3[nH]nc(-c4cc5c(C6=CCC=C6)nccc5[nH]4)c3n2)c1. The number of nitrogens with one attached hydrogen (secondary N) is 3. The fourth-order valence-corrected chi connectivity index (χ4v) is 4.29. The summed E-state index contributed by atoms with van der Waals surface area (Å²) in [4.78, 5) is 17.5. The zero-order chi connectivity index (χ0) is 22.2. The number of allylic oxidation sites excluding steroid dienone is 4. The van der Waals surface area contributed by atoms with Crippen LogP contribution in [0.25, 0.3) is 50.2 Å². The molecule has 1 aliphatic carbocycles. The van der Waals surface area contributed by atoms with Crippen LogP contribution in [0.5, 0.6) is 0 Å². The maximum Gasteiger partial charge on any atom is 0.135 e. The molecule has 0 bridgehead atoms. The van der Waals surface area contributed by atoms with E-state index in [9.17, 15) is 0 Å². The van der Waals surface area contributed by atoms with E-state index >= 15 is 0 Å². The van der Waals surface area contributed by atoms with Gasteiger partial charge in [-0.3, -0.25) is 15.1 Å². The van der Waals surface area contributed by atoms with Crippen molar-refractivity contribution in [3.63, 3.8) is 0 Å². The number of rotatable bonds is 6. The van der Waals surface area contributed by atoms with Crippen LogP contribution >= 0.6 is 0 Å². The molecule has 0 saturated heterocycles. The van der Waals surface area contributed by atoms with Gasteiger partial charge in [0.05, 0.1) is 22.6 Å². The molecule has 0 radical (unpaired) electrons. The highest BCUT2D eigenvalue weighted by Gasteiger charge is 2.16. The van der Waals surface area contributed by atoms with Gasteiger partial charge in [0.1, 0.15) is 11.2 Å². The molecule has 0 amide bonds. The van der Waals surface area contributed by atoms with Gasteiger partial charge in [-0.2, -0.15) is 5.10 Å². The van der Waals surface area contributed by atoms with E-state index in [0.29, 0.717) is 0 Å². The number of hydrogen-bond acceptors (Lipinski definition) is 5. The van der Waals surface area contributed by atoms with Gasteiger partial charge in [0.25, 0.3) is 0 Å². The zero-order valence-corrected chi connectivity index (χ0v) is 18.3. The maximum absolute atomic E-state index is 4.96. The molecule has 33 heavy (non-hydrogen) atoms. The molecule has 0 saturated carbocycles. The highest BCUT2D eigenvalue weighted by Crippen LogP contribution is 2.33. The molecule has 5 aromatic rings. The summed E-state index contributed by atoms with van der Waals surface area (Å²) in [6.07, 6.45) is 13.0. The smallest absolute Gasteiger partial charge is 0.135 e. The van der Waals surface area contributed by atoms with Crippen molar-refractivity contribution in [2.45, 2.75) is 19.9 Å². The van der Waals surface area contributed by atoms with Crippen molar-refractivity contribution in [2.24, 2.45) is 0 Å². The molecule has 5 heterocycles. The van der Waals surface area contributed by atoms with Gasteiger partial charge in [-0.25, -0.2) is 4.98 Å². The van der Waals surface area contributed by atoms with Crippen molar-refractivity contribution in [2.75, 3.05) is 6.54 Å². The Kier molecular flexibility index (Phi) is 4.81. The van der Waals surface area contributed by atoms with E-state index in [0.717, 1.165) is 80.9 Å². The van der Waals surface area contributed by atoms with Crippen LogP contribution in [-0.2, 0) is 6.54 Å². The summed E-state index contributed by atoms with van der Waals surface area (Å²) in [6.45, 7) is 3.80. The summed E-state index contributed by atoms with van der Waals surface area (Å²) in [6, 6.07) is 10.3. The molecule has 1 aliphatic rings. The van der Waals surface area contributed by atoms with Crippen molar-refractivity contribution in [3.8, 4) is 22.6 Å². The Bertz CT molecular complexity index is 1540. The highest BCUT2D eigenvalue weighted by molar-refractivity contribution is 5.99. The Hall–Kier alpha value is -4.10. The van der Waals surface area contributed by atoms with Gasteiger partial charge in [-0.15, -0.1) is 0 Å². The van der Waals surface area contributed by atoms with E-state index in [4.69, 9.17) is 4.98 Å². The monoisotopic (exact) mass is 433 g/mol. The number of H-pyrrole nitrogens is 2. The lowest BCUT2D eigenvalue weighted by molar-refractivity contribution is 0.724. The van der Waals surface area contributed by atoms with Crippen molar-refractivity contribution < 1.29 is 0 Å². The van der Waals surface area contributed by atoms with Crippen LogP contribution in [0.2, 0.25) is 0 Å². The van der Waals surface area contributed by atoms with Crippen LogP contribution in [0.4, 0.5) is 0 Å². The van der Waals surface area contributed by atoms with Crippen LogP contribution in [0, 0.1) is 0 Å². The number of pyridine rings is 3. The van der Waals surface area contributed by atoms with E-state index in [2.05, 4.69) is 67.8 Å². The molecule has 3 N–H and O–H groups in total. The summed E-state index contributed by atoms with van der Waals surface area (Å²) in [5.41, 5.74) is 9.59. The fraction of sp³-hybridized carbons (Fsp3) is 0.154. The van der Waals surface area contributed by atoms with Crippen LogP contribution < -0.4 is 5.32 Å². The molecule has 0 aliphatic heterocycles. The summed E-state index contributed by atoms with van der Waals surface area (Å²) in [7, 11) is 0. The first-order chi connectivity index (χ1) is 16.3. The summed E-state index contributed by atoms with van der Waals surface area (Å²) >= 11 is 0. The molecule has 0 fully saturated rings. The van der Waals surface area contributed by atoms with E-state index in [1.54, 1.807) is 0 Å². The third kappa shape index (κ3) is 3.52. The summed E-state index contributed by atoms with van der Waals surface area (Å²) in [5.74, 6) is 0. The molecule has 7 nitrogen and oxygen atoms in total. The third-order valence-electron chi connectivity index (χ3n) is 5.93. The molecule has 5 aromatic heterocycles. The largest absolute Gasteiger partial charge is 0.353 e. The number of nitrogens with zero attached hydrogens (tertiary/aromatic N) is 4. The van der Waals surface area contributed by atoms with Gasteiger partial charge in [0.2, 0.25) is 0 Å². The molecular weight excluding hydrogens is 410 g/mol. The normalized spacial score (nSPS) is 13.3. The van der Waals surface area contributed by atoms with Gasteiger partial charge in [0.15, 0.2) is 0 Å². The van der Waals surface area contributed by atoms with Gasteiger partial charge in [-0.05, 0) is 54.4 Å². The molecular formula is C26H23N7. The predicted octanol–water partition coefficient (Wildman–Crippen LogP) is 5.02. The quantitative estimate of drug-likeness (QED) is 0.350. The molecule has 6 rings (SSSR count). The van der Waals surface area contributed by atoms with Crippen LogP contribution in [0.3, 0.4) is 0 Å². The standard InChI is InChI=1S/C26H23N7/c1-2-27-13-16-11-18(15-28-14-16)20-7-8-22-25(31-20)26(33-32-22)23-12-19-21(30-23)9-10-29-24(19)17-5-3-4-6-17/h3,5-12,14-15,27,30H,2,4,13H2,1H3,(H,32,33). The Morgan fingerprint density at radius 2 is 2.03 bits per heavy atom. The van der Waals surface area contributed by atoms with Crippen LogP contribution in [0.15, 0.2) is 67.2 Å². The third-order valence-corrected chi connectivity index (χ3v) is 5.93. The highest BCUT2D eigenvalue weighted by atomic mass is 15.1. The first-order valence-corrected chi connectivity index (χ1v) is 11.2. The van der Waals surface area contributed by atoms with Crippen LogP contribution in [0.1, 0.15) is 24.6 Å². The topological polar surface area (TPSA) is 95.2 Å². The maximum atomic E-state index is 4.96. The van der Waals surface area contributed by atoms with Gasteiger partial charge < -0.3 is 10.3 Å². The second kappa shape index (κ2) is 8.11. The zero-order valence-electron chi connectivity index (χ0n) is 18.3. The first-order valence-electron chi connectivity index (χ1n) is 11.2. The van der Waals surface area contributed by atoms with Crippen molar-refractivity contribution in [1.29, 1.82) is 0 Å². The van der Waals surface area contributed by atoms with E-state index in [1.807, 2.05) is 36.8 Å². The number of aromatic amines is 2. The minimum absolute atomic E-state index is 0.785. The lowest BCUT2D eigenvalue weighted by atomic mass is 10.1. The van der Waals surface area contributed by atoms with Gasteiger partial charge in [-0.1, -0.05) is 25.2 Å². The Morgan fingerprint density at radius 1 is 1.06 bits per heavy atom. The van der Waals surface area contributed by atoms with E-state index in [1.165, 1.54) is 0 Å². The fourth-order valence-electron chi connectivity index (χ4n) is 4.29. The summed E-state index contributed by atoms with van der Waals surface area (Å²) < 4.78 is 0. The van der Waals surface area contributed by atoms with Gasteiger partial charge in [0, 0.05) is 41.6 Å². The molecule has 0 unspecified atom stereocenters. The van der Waals surface area contributed by atoms with E-state index in [-0.39, 0.29) is 0 Å². The molecule has 7 heteroatoms. The van der Waals surface area contributed by atoms with Crippen molar-refractivity contribution in [1.82, 2.24) is 35.5 Å². The second-order valence-electron chi connectivity index (χ2n) is 8.13. The predicted molar refractivity (Wildman–Crippen MR) is 131 cm³/mol. The minimum atomic E-state index is 0.785. The van der Waals surface area contributed by atoms with Crippen LogP contribution in [-0.4, -0.2) is 36.7 Å². The average molecular weight is 434 g/mol. The first kappa shape index (κ1) is 19.6. The van der Waals surface area contributed by atoms with Crippen molar-refractivity contribution >= 4 is 27.5 Å². The van der Waals surface area contributed by atoms with E-state index < -0.39 is 0 Å². The second-order valence-corrected chi connectivity index (χ2v) is 8.13. The number of aromatic nitrogens is 6. The summed E-state index contributed by atoms with van der Waals surface area (Å²) in [5, 5.41) is 12.1. The minimum Gasteiger partial charge on any atom is -0.353 e. The number of hydrogen-bond donors (Lipinski definition) is 3. The Balaban J connectivity index is 1.43. The van der Waals surface area contributed by atoms with Gasteiger partial charge >= 0.3 is 0 Å². The van der Waals surface area contributed by atoms with Crippen molar-refractivity contribution in [3.05, 3.63) is 78.4 Å². The molecule has 0 aromatic carbocycles. The number of fused-ring (bicyclic) bond motifs is 2. The molecule has 162 valence electrons. The average Bonchev–Trinajstić information content (AvgIpc) is 3.61. The Labute approximate surface area is 190 Å². The lowest BCUT2D eigenvalue weighted by Gasteiger charge is -2.05. The molecule has 0 atom stereocenters. The Morgan fingerprint density at radius 3 is 2.91 bits per heavy atom.